The highest BCUT2D eigenvalue weighted by atomic mass is 16.5. The van der Waals surface area contributed by atoms with Crippen molar-refractivity contribution in [2.45, 2.75) is 25.5 Å². The van der Waals surface area contributed by atoms with Crippen LogP contribution in [0, 0.1) is 0 Å². The second-order valence-electron chi connectivity index (χ2n) is 3.75. The lowest BCUT2D eigenvalue weighted by molar-refractivity contribution is 0.110. The zero-order valence-electron chi connectivity index (χ0n) is 8.41. The molecule has 1 atom stereocenters. The molecule has 2 heteroatoms. The predicted molar refractivity (Wildman–Crippen MR) is 57.1 cm³/mol. The van der Waals surface area contributed by atoms with Gasteiger partial charge in [-0.05, 0) is 18.4 Å². The summed E-state index contributed by atoms with van der Waals surface area (Å²) in [6.45, 7) is 2.87. The molecular formula is C12H17NO. The van der Waals surface area contributed by atoms with E-state index in [2.05, 4.69) is 29.6 Å². The molecule has 0 aromatic heterocycles. The molecule has 0 bridgehead atoms. The Morgan fingerprint density at radius 3 is 2.86 bits per heavy atom. The third-order valence-electron chi connectivity index (χ3n) is 2.57. The van der Waals surface area contributed by atoms with Gasteiger partial charge in [0.15, 0.2) is 0 Å². The van der Waals surface area contributed by atoms with Crippen molar-refractivity contribution >= 4 is 0 Å². The molecule has 1 saturated heterocycles. The second kappa shape index (κ2) is 5.13. The summed E-state index contributed by atoms with van der Waals surface area (Å²) >= 11 is 0. The molecule has 1 N–H and O–H groups in total. The Hall–Kier alpha value is -0.860. The molecule has 1 aromatic rings. The summed E-state index contributed by atoms with van der Waals surface area (Å²) in [6.07, 6.45) is 2.87. The molecule has 76 valence electrons. The first kappa shape index (κ1) is 9.69. The molecule has 2 rings (SSSR count). The molecule has 1 heterocycles. The quantitative estimate of drug-likeness (QED) is 0.785. The molecular weight excluding hydrogens is 174 g/mol. The fourth-order valence-electron chi connectivity index (χ4n) is 1.78. The van der Waals surface area contributed by atoms with Gasteiger partial charge in [0.25, 0.3) is 0 Å². The Morgan fingerprint density at radius 2 is 2.14 bits per heavy atom. The summed E-state index contributed by atoms with van der Waals surface area (Å²) < 4.78 is 5.53. The van der Waals surface area contributed by atoms with Gasteiger partial charge in [0, 0.05) is 19.7 Å². The van der Waals surface area contributed by atoms with E-state index in [1.54, 1.807) is 0 Å². The van der Waals surface area contributed by atoms with Gasteiger partial charge in [-0.3, -0.25) is 0 Å². The van der Waals surface area contributed by atoms with E-state index >= 15 is 0 Å². The lowest BCUT2D eigenvalue weighted by Crippen LogP contribution is -2.25. The molecule has 1 aliphatic rings. The zero-order chi connectivity index (χ0) is 9.64. The molecule has 0 amide bonds. The van der Waals surface area contributed by atoms with Gasteiger partial charge in [0.05, 0.1) is 6.10 Å². The first-order valence-electron chi connectivity index (χ1n) is 5.31. The van der Waals surface area contributed by atoms with Crippen molar-refractivity contribution in [3.63, 3.8) is 0 Å². The average Bonchev–Trinajstić information content (AvgIpc) is 2.72. The van der Waals surface area contributed by atoms with E-state index in [-0.39, 0.29) is 0 Å². The fraction of sp³-hybridized carbons (Fsp3) is 0.500. The van der Waals surface area contributed by atoms with Crippen LogP contribution in [-0.4, -0.2) is 19.3 Å². The number of hydrogen-bond donors (Lipinski definition) is 1. The van der Waals surface area contributed by atoms with E-state index < -0.39 is 0 Å². The van der Waals surface area contributed by atoms with Crippen molar-refractivity contribution in [3.8, 4) is 0 Å². The van der Waals surface area contributed by atoms with E-state index in [1.165, 1.54) is 18.4 Å². The SMILES string of the molecule is c1ccc(CNCC2CCCO2)cc1. The van der Waals surface area contributed by atoms with Crippen LogP contribution in [0.25, 0.3) is 0 Å². The lowest BCUT2D eigenvalue weighted by Gasteiger charge is -2.10. The van der Waals surface area contributed by atoms with E-state index in [4.69, 9.17) is 4.74 Å². The molecule has 0 saturated carbocycles. The first-order valence-corrected chi connectivity index (χ1v) is 5.31. The first-order chi connectivity index (χ1) is 6.95. The predicted octanol–water partition coefficient (Wildman–Crippen LogP) is 1.96. The van der Waals surface area contributed by atoms with Crippen LogP contribution < -0.4 is 5.32 Å². The summed E-state index contributed by atoms with van der Waals surface area (Å²) in [5.41, 5.74) is 1.34. The Morgan fingerprint density at radius 1 is 1.29 bits per heavy atom. The van der Waals surface area contributed by atoms with Crippen molar-refractivity contribution in [3.05, 3.63) is 35.9 Å². The third kappa shape index (κ3) is 2.82. The Balaban J connectivity index is 1.67. The number of ether oxygens (including phenoxy) is 1. The highest BCUT2D eigenvalue weighted by Gasteiger charge is 2.14. The summed E-state index contributed by atoms with van der Waals surface area (Å²) in [5.74, 6) is 0. The van der Waals surface area contributed by atoms with Crippen LogP contribution in [0.15, 0.2) is 30.3 Å². The van der Waals surface area contributed by atoms with Crippen molar-refractivity contribution in [1.29, 1.82) is 0 Å². The largest absolute Gasteiger partial charge is 0.377 e. The Bertz CT molecular complexity index is 254. The molecule has 0 aliphatic carbocycles. The number of rotatable bonds is 4. The van der Waals surface area contributed by atoms with E-state index in [1.807, 2.05) is 6.07 Å². The van der Waals surface area contributed by atoms with Gasteiger partial charge in [-0.1, -0.05) is 30.3 Å². The highest BCUT2D eigenvalue weighted by molar-refractivity contribution is 5.14. The van der Waals surface area contributed by atoms with Gasteiger partial charge >= 0.3 is 0 Å². The number of hydrogen-bond acceptors (Lipinski definition) is 2. The van der Waals surface area contributed by atoms with Crippen LogP contribution in [0.1, 0.15) is 18.4 Å². The average molecular weight is 191 g/mol. The van der Waals surface area contributed by atoms with E-state index in [0.29, 0.717) is 6.10 Å². The van der Waals surface area contributed by atoms with Crippen LogP contribution in [0.2, 0.25) is 0 Å². The van der Waals surface area contributed by atoms with Gasteiger partial charge in [-0.15, -0.1) is 0 Å². The lowest BCUT2D eigenvalue weighted by atomic mass is 10.2. The molecule has 0 radical (unpaired) electrons. The van der Waals surface area contributed by atoms with E-state index in [0.717, 1.165) is 19.7 Å². The van der Waals surface area contributed by atoms with Crippen molar-refractivity contribution in [1.82, 2.24) is 5.32 Å². The molecule has 0 spiro atoms. The summed E-state index contributed by atoms with van der Waals surface area (Å²) in [5, 5.41) is 3.42. The molecule has 1 aromatic carbocycles. The van der Waals surface area contributed by atoms with Crippen molar-refractivity contribution < 1.29 is 4.74 Å². The fourth-order valence-corrected chi connectivity index (χ4v) is 1.78. The third-order valence-corrected chi connectivity index (χ3v) is 2.57. The number of benzene rings is 1. The van der Waals surface area contributed by atoms with Gasteiger partial charge in [0.1, 0.15) is 0 Å². The Kier molecular flexibility index (Phi) is 3.55. The topological polar surface area (TPSA) is 21.3 Å². The van der Waals surface area contributed by atoms with Gasteiger partial charge in [-0.2, -0.15) is 0 Å². The molecule has 1 fully saturated rings. The van der Waals surface area contributed by atoms with Gasteiger partial charge < -0.3 is 10.1 Å². The van der Waals surface area contributed by atoms with Crippen LogP contribution >= 0.6 is 0 Å². The second-order valence-corrected chi connectivity index (χ2v) is 3.75. The molecule has 2 nitrogen and oxygen atoms in total. The monoisotopic (exact) mass is 191 g/mol. The molecule has 1 aliphatic heterocycles. The summed E-state index contributed by atoms with van der Waals surface area (Å²) in [6, 6.07) is 10.5. The van der Waals surface area contributed by atoms with Crippen LogP contribution in [0.3, 0.4) is 0 Å². The minimum Gasteiger partial charge on any atom is -0.377 e. The maximum atomic E-state index is 5.53. The molecule has 14 heavy (non-hydrogen) atoms. The number of nitrogens with one attached hydrogen (secondary N) is 1. The standard InChI is InChI=1S/C12H17NO/c1-2-5-11(6-3-1)9-13-10-12-7-4-8-14-12/h1-3,5-6,12-13H,4,7-10H2. The van der Waals surface area contributed by atoms with Crippen molar-refractivity contribution in [2.75, 3.05) is 13.2 Å². The maximum Gasteiger partial charge on any atom is 0.0700 e. The Labute approximate surface area is 85.3 Å². The maximum absolute atomic E-state index is 5.53. The van der Waals surface area contributed by atoms with Crippen LogP contribution in [-0.2, 0) is 11.3 Å². The minimum atomic E-state index is 0.443. The van der Waals surface area contributed by atoms with Gasteiger partial charge in [0.2, 0.25) is 0 Å². The minimum absolute atomic E-state index is 0.443. The van der Waals surface area contributed by atoms with Gasteiger partial charge in [-0.25, -0.2) is 0 Å². The van der Waals surface area contributed by atoms with E-state index in [9.17, 15) is 0 Å². The van der Waals surface area contributed by atoms with Crippen LogP contribution in [0.4, 0.5) is 0 Å². The highest BCUT2D eigenvalue weighted by Crippen LogP contribution is 2.10. The normalized spacial score (nSPS) is 21.3. The summed E-state index contributed by atoms with van der Waals surface area (Å²) in [4.78, 5) is 0. The summed E-state index contributed by atoms with van der Waals surface area (Å²) in [7, 11) is 0. The molecule has 1 unspecified atom stereocenters. The smallest absolute Gasteiger partial charge is 0.0700 e. The zero-order valence-corrected chi connectivity index (χ0v) is 8.41. The van der Waals surface area contributed by atoms with Crippen LogP contribution in [0.5, 0.6) is 0 Å². The van der Waals surface area contributed by atoms with Crippen molar-refractivity contribution in [2.24, 2.45) is 0 Å².